The molecule has 1 N–H and O–H groups in total. The average molecular weight is 387 g/mol. The minimum atomic E-state index is -0.295. The number of halogens is 3. The van der Waals surface area contributed by atoms with E-state index in [0.717, 1.165) is 31.6 Å². The first-order valence-corrected chi connectivity index (χ1v) is 8.04. The molecule has 1 aromatic heterocycles. The largest absolute Gasteiger partial charge is 0.336 e. The average Bonchev–Trinajstić information content (AvgIpc) is 3.14. The number of hydrogen-bond acceptors (Lipinski definition) is 3. The summed E-state index contributed by atoms with van der Waals surface area (Å²) in [5, 5.41) is 3.58. The number of likely N-dealkylation sites (tertiary alicyclic amines) is 1. The molecule has 0 spiro atoms. The van der Waals surface area contributed by atoms with Crippen molar-refractivity contribution in [2.75, 3.05) is 13.1 Å². The molecule has 5 nitrogen and oxygen atoms in total. The molecular formula is C17H21Cl2FN4O. The third kappa shape index (κ3) is 3.97. The Labute approximate surface area is 158 Å². The molecule has 2 aromatic rings. The van der Waals surface area contributed by atoms with Gasteiger partial charge in [-0.25, -0.2) is 9.37 Å². The minimum Gasteiger partial charge on any atom is -0.336 e. The molecule has 8 heteroatoms. The van der Waals surface area contributed by atoms with E-state index in [2.05, 4.69) is 10.3 Å². The fourth-order valence-corrected chi connectivity index (χ4v) is 3.55. The maximum atomic E-state index is 13.1. The van der Waals surface area contributed by atoms with E-state index in [1.165, 1.54) is 18.6 Å². The van der Waals surface area contributed by atoms with E-state index in [1.807, 2.05) is 4.90 Å². The third-order valence-corrected chi connectivity index (χ3v) is 4.77. The van der Waals surface area contributed by atoms with Crippen LogP contribution in [0.2, 0.25) is 0 Å². The third-order valence-electron chi connectivity index (χ3n) is 4.77. The second-order valence-corrected chi connectivity index (χ2v) is 6.30. The molecule has 2 fully saturated rings. The van der Waals surface area contributed by atoms with Crippen molar-refractivity contribution in [2.45, 2.75) is 31.3 Å². The molecular weight excluding hydrogens is 366 g/mol. The first-order valence-electron chi connectivity index (χ1n) is 8.04. The summed E-state index contributed by atoms with van der Waals surface area (Å²) in [6.45, 7) is 1.51. The first-order chi connectivity index (χ1) is 11.2. The molecule has 2 atom stereocenters. The van der Waals surface area contributed by atoms with E-state index in [4.69, 9.17) is 0 Å². The number of amides is 1. The van der Waals surface area contributed by atoms with Gasteiger partial charge in [-0.1, -0.05) is 0 Å². The number of carbonyl (C=O) groups is 1. The zero-order valence-corrected chi connectivity index (χ0v) is 15.2. The summed E-state index contributed by atoms with van der Waals surface area (Å²) in [7, 11) is 0. The highest BCUT2D eigenvalue weighted by atomic mass is 35.5. The van der Waals surface area contributed by atoms with Crippen molar-refractivity contribution in [3.8, 4) is 5.69 Å². The molecule has 0 aliphatic carbocycles. The molecule has 25 heavy (non-hydrogen) atoms. The summed E-state index contributed by atoms with van der Waals surface area (Å²) in [4.78, 5) is 18.9. The van der Waals surface area contributed by atoms with Gasteiger partial charge in [-0.2, -0.15) is 0 Å². The number of aromatic nitrogens is 2. The van der Waals surface area contributed by atoms with Crippen LogP contribution >= 0.6 is 24.8 Å². The highest BCUT2D eigenvalue weighted by Crippen LogP contribution is 2.22. The van der Waals surface area contributed by atoms with Crippen molar-refractivity contribution < 1.29 is 9.18 Å². The fourth-order valence-electron chi connectivity index (χ4n) is 3.55. The van der Waals surface area contributed by atoms with Crippen LogP contribution in [0.5, 0.6) is 0 Å². The molecule has 3 heterocycles. The van der Waals surface area contributed by atoms with E-state index >= 15 is 0 Å². The normalized spacial score (nSPS) is 21.9. The molecule has 0 saturated carbocycles. The van der Waals surface area contributed by atoms with Gasteiger partial charge in [0.1, 0.15) is 11.5 Å². The lowest BCUT2D eigenvalue weighted by Gasteiger charge is -2.24. The van der Waals surface area contributed by atoms with Crippen LogP contribution in [0.15, 0.2) is 36.8 Å². The lowest BCUT2D eigenvalue weighted by Crippen LogP contribution is -2.39. The molecule has 2 aliphatic rings. The Morgan fingerprint density at radius 2 is 1.84 bits per heavy atom. The van der Waals surface area contributed by atoms with Gasteiger partial charge in [0.15, 0.2) is 0 Å². The van der Waals surface area contributed by atoms with Crippen molar-refractivity contribution in [2.24, 2.45) is 0 Å². The highest BCUT2D eigenvalue weighted by molar-refractivity contribution is 5.93. The van der Waals surface area contributed by atoms with Crippen LogP contribution in [0.1, 0.15) is 29.8 Å². The van der Waals surface area contributed by atoms with Gasteiger partial charge in [0, 0.05) is 30.9 Å². The van der Waals surface area contributed by atoms with E-state index in [-0.39, 0.29) is 36.5 Å². The Balaban J connectivity index is 0.00000113. The predicted octanol–water partition coefficient (Wildman–Crippen LogP) is 2.82. The van der Waals surface area contributed by atoms with Crippen molar-refractivity contribution in [3.05, 3.63) is 48.3 Å². The van der Waals surface area contributed by atoms with E-state index in [9.17, 15) is 9.18 Å². The van der Waals surface area contributed by atoms with Gasteiger partial charge in [-0.05, 0) is 43.5 Å². The maximum Gasteiger partial charge on any atom is 0.272 e. The lowest BCUT2D eigenvalue weighted by molar-refractivity contribution is 0.0740. The zero-order valence-electron chi connectivity index (χ0n) is 13.6. The lowest BCUT2D eigenvalue weighted by atomic mass is 10.1. The van der Waals surface area contributed by atoms with Gasteiger partial charge >= 0.3 is 0 Å². The van der Waals surface area contributed by atoms with Crippen LogP contribution in [0.3, 0.4) is 0 Å². The number of rotatable bonds is 2. The summed E-state index contributed by atoms with van der Waals surface area (Å²) < 4.78 is 14.8. The van der Waals surface area contributed by atoms with Gasteiger partial charge in [-0.15, -0.1) is 24.8 Å². The molecule has 2 unspecified atom stereocenters. The Bertz CT molecular complexity index is 722. The van der Waals surface area contributed by atoms with Crippen molar-refractivity contribution in [1.82, 2.24) is 19.8 Å². The number of nitrogens with one attached hydrogen (secondary N) is 1. The second kappa shape index (κ2) is 8.17. The molecule has 4 rings (SSSR count). The van der Waals surface area contributed by atoms with Crippen LogP contribution in [0.25, 0.3) is 5.69 Å². The summed E-state index contributed by atoms with van der Waals surface area (Å²) in [6, 6.07) is 7.02. The van der Waals surface area contributed by atoms with Crippen LogP contribution in [0, 0.1) is 5.82 Å². The molecule has 2 bridgehead atoms. The smallest absolute Gasteiger partial charge is 0.272 e. The molecule has 2 saturated heterocycles. The molecule has 2 aliphatic heterocycles. The van der Waals surface area contributed by atoms with Crippen molar-refractivity contribution in [1.29, 1.82) is 0 Å². The quantitative estimate of drug-likeness (QED) is 0.862. The van der Waals surface area contributed by atoms with Crippen LogP contribution in [0.4, 0.5) is 4.39 Å². The van der Waals surface area contributed by atoms with Crippen molar-refractivity contribution >= 4 is 30.7 Å². The second-order valence-electron chi connectivity index (χ2n) is 6.30. The van der Waals surface area contributed by atoms with Crippen LogP contribution in [-0.2, 0) is 0 Å². The number of imidazole rings is 1. The Hall–Kier alpha value is -1.63. The van der Waals surface area contributed by atoms with E-state index in [1.54, 1.807) is 29.2 Å². The Morgan fingerprint density at radius 3 is 2.60 bits per heavy atom. The topological polar surface area (TPSA) is 50.2 Å². The number of nitrogens with zero attached hydrogens (tertiary/aromatic N) is 3. The predicted molar refractivity (Wildman–Crippen MR) is 98.5 cm³/mol. The molecule has 136 valence electrons. The van der Waals surface area contributed by atoms with Gasteiger partial charge < -0.3 is 10.2 Å². The van der Waals surface area contributed by atoms with Gasteiger partial charge in [0.25, 0.3) is 5.91 Å². The van der Waals surface area contributed by atoms with Gasteiger partial charge in [-0.3, -0.25) is 9.36 Å². The fraction of sp³-hybridized carbons (Fsp3) is 0.412. The molecule has 1 aromatic carbocycles. The standard InChI is InChI=1S/C17H19FN4O.2ClH/c18-12-1-5-15(6-2-12)22-11-19-9-16(22)17(23)21-8-7-13-3-4-14(10-21)20-13;;/h1-2,5-6,9,11,13-14,20H,3-4,7-8,10H2;2*1H. The summed E-state index contributed by atoms with van der Waals surface area (Å²) in [5.74, 6) is -0.308. The number of hydrogen-bond donors (Lipinski definition) is 1. The number of fused-ring (bicyclic) bond motifs is 2. The SMILES string of the molecule is Cl.Cl.O=C(c1cncn1-c1ccc(F)cc1)N1CCC2CCC(C1)N2. The zero-order chi connectivity index (χ0) is 15.8. The summed E-state index contributed by atoms with van der Waals surface area (Å²) >= 11 is 0. The molecule has 0 radical (unpaired) electrons. The van der Waals surface area contributed by atoms with Crippen LogP contribution in [-0.4, -0.2) is 45.5 Å². The van der Waals surface area contributed by atoms with Gasteiger partial charge in [0.2, 0.25) is 0 Å². The monoisotopic (exact) mass is 386 g/mol. The van der Waals surface area contributed by atoms with Crippen molar-refractivity contribution in [3.63, 3.8) is 0 Å². The van der Waals surface area contributed by atoms with E-state index in [0.29, 0.717) is 17.8 Å². The van der Waals surface area contributed by atoms with E-state index < -0.39 is 0 Å². The maximum absolute atomic E-state index is 13.1. The van der Waals surface area contributed by atoms with Crippen LogP contribution < -0.4 is 5.32 Å². The Morgan fingerprint density at radius 1 is 1.12 bits per heavy atom. The molecule has 1 amide bonds. The Kier molecular flexibility index (Phi) is 6.43. The number of benzene rings is 1. The number of carbonyl (C=O) groups excluding carboxylic acids is 1. The highest BCUT2D eigenvalue weighted by Gasteiger charge is 2.32. The minimum absolute atomic E-state index is 0. The summed E-state index contributed by atoms with van der Waals surface area (Å²) in [6.07, 6.45) is 6.52. The first kappa shape index (κ1) is 19.7. The van der Waals surface area contributed by atoms with Gasteiger partial charge in [0.05, 0.1) is 12.5 Å². The summed E-state index contributed by atoms with van der Waals surface area (Å²) in [5.41, 5.74) is 1.26.